The Morgan fingerprint density at radius 1 is 1.54 bits per heavy atom. The van der Waals surface area contributed by atoms with Gasteiger partial charge in [0.05, 0.1) is 19.8 Å². The molecule has 1 atom stereocenters. The van der Waals surface area contributed by atoms with Gasteiger partial charge < -0.3 is 15.2 Å². The number of nitrogens with two attached hydrogens (primary N) is 1. The summed E-state index contributed by atoms with van der Waals surface area (Å²) in [5, 5.41) is 0. The van der Waals surface area contributed by atoms with Gasteiger partial charge in [-0.2, -0.15) is 0 Å². The molecule has 1 fully saturated rings. The van der Waals surface area contributed by atoms with Crippen LogP contribution < -0.4 is 5.73 Å². The maximum Gasteiger partial charge on any atom is 0.0529 e. The first-order chi connectivity index (χ1) is 6.14. The smallest absolute Gasteiger partial charge is 0.0529 e. The van der Waals surface area contributed by atoms with Gasteiger partial charge in [0.15, 0.2) is 0 Å². The van der Waals surface area contributed by atoms with Crippen molar-refractivity contribution in [2.24, 2.45) is 17.1 Å². The van der Waals surface area contributed by atoms with Gasteiger partial charge in [-0.05, 0) is 13.0 Å². The van der Waals surface area contributed by atoms with E-state index in [9.17, 15) is 0 Å². The topological polar surface area (TPSA) is 44.5 Å². The third-order valence-corrected chi connectivity index (χ3v) is 2.42. The molecule has 0 radical (unpaired) electrons. The zero-order valence-electron chi connectivity index (χ0n) is 8.71. The van der Waals surface area contributed by atoms with Gasteiger partial charge in [0, 0.05) is 17.9 Å². The number of rotatable bonds is 5. The second kappa shape index (κ2) is 4.94. The minimum atomic E-state index is 0.111. The molecular formula is C10H21NO2. The Morgan fingerprint density at radius 3 is 2.85 bits per heavy atom. The maximum absolute atomic E-state index is 5.61. The van der Waals surface area contributed by atoms with Crippen molar-refractivity contribution in [3.63, 3.8) is 0 Å². The van der Waals surface area contributed by atoms with Crippen molar-refractivity contribution in [2.45, 2.75) is 20.3 Å². The van der Waals surface area contributed by atoms with E-state index in [0.717, 1.165) is 32.8 Å². The van der Waals surface area contributed by atoms with Gasteiger partial charge in [0.25, 0.3) is 0 Å². The normalized spacial score (nSPS) is 23.8. The fourth-order valence-corrected chi connectivity index (χ4v) is 1.28. The molecule has 0 aromatic rings. The predicted molar refractivity (Wildman–Crippen MR) is 52.6 cm³/mol. The summed E-state index contributed by atoms with van der Waals surface area (Å²) in [6.07, 6.45) is 1.14. The van der Waals surface area contributed by atoms with Gasteiger partial charge in [-0.1, -0.05) is 13.8 Å². The van der Waals surface area contributed by atoms with Gasteiger partial charge in [-0.15, -0.1) is 0 Å². The predicted octanol–water partition coefficient (Wildman–Crippen LogP) is 1.02. The van der Waals surface area contributed by atoms with Crippen LogP contribution in [0.3, 0.4) is 0 Å². The van der Waals surface area contributed by atoms with Gasteiger partial charge in [-0.3, -0.25) is 0 Å². The molecule has 1 rings (SSSR count). The third-order valence-electron chi connectivity index (χ3n) is 2.42. The summed E-state index contributed by atoms with van der Waals surface area (Å²) in [6.45, 7) is 8.26. The Hall–Kier alpha value is -0.120. The van der Waals surface area contributed by atoms with Crippen molar-refractivity contribution >= 4 is 0 Å². The lowest BCUT2D eigenvalue weighted by Gasteiger charge is -2.22. The second-order valence-corrected chi connectivity index (χ2v) is 4.61. The molecule has 1 aliphatic rings. The van der Waals surface area contributed by atoms with Gasteiger partial charge in [-0.25, -0.2) is 0 Å². The first kappa shape index (κ1) is 11.0. The highest BCUT2D eigenvalue weighted by Gasteiger charge is 2.19. The van der Waals surface area contributed by atoms with E-state index in [1.807, 2.05) is 0 Å². The van der Waals surface area contributed by atoms with Crippen LogP contribution in [-0.4, -0.2) is 33.0 Å². The SMILES string of the molecule is CC(C)(CN)COCC1CCOC1. The Labute approximate surface area is 80.6 Å². The summed E-state index contributed by atoms with van der Waals surface area (Å²) in [5.41, 5.74) is 5.71. The number of hydrogen-bond acceptors (Lipinski definition) is 3. The van der Waals surface area contributed by atoms with Gasteiger partial charge >= 0.3 is 0 Å². The van der Waals surface area contributed by atoms with Crippen LogP contribution in [0.15, 0.2) is 0 Å². The summed E-state index contributed by atoms with van der Waals surface area (Å²) in [5.74, 6) is 0.605. The van der Waals surface area contributed by atoms with E-state index in [-0.39, 0.29) is 5.41 Å². The van der Waals surface area contributed by atoms with Gasteiger partial charge in [0.1, 0.15) is 0 Å². The van der Waals surface area contributed by atoms with Crippen molar-refractivity contribution in [3.05, 3.63) is 0 Å². The van der Waals surface area contributed by atoms with Crippen LogP contribution in [-0.2, 0) is 9.47 Å². The van der Waals surface area contributed by atoms with Crippen molar-refractivity contribution < 1.29 is 9.47 Å². The summed E-state index contributed by atoms with van der Waals surface area (Å²) in [4.78, 5) is 0. The Bertz CT molecular complexity index is 142. The van der Waals surface area contributed by atoms with E-state index >= 15 is 0 Å². The first-order valence-electron chi connectivity index (χ1n) is 4.99. The summed E-state index contributed by atoms with van der Waals surface area (Å²) < 4.78 is 10.9. The van der Waals surface area contributed by atoms with Crippen LogP contribution in [0.1, 0.15) is 20.3 Å². The van der Waals surface area contributed by atoms with Crippen molar-refractivity contribution in [1.82, 2.24) is 0 Å². The highest BCUT2D eigenvalue weighted by atomic mass is 16.5. The lowest BCUT2D eigenvalue weighted by atomic mass is 9.95. The number of ether oxygens (including phenoxy) is 2. The van der Waals surface area contributed by atoms with Crippen molar-refractivity contribution in [2.75, 3.05) is 33.0 Å². The highest BCUT2D eigenvalue weighted by Crippen LogP contribution is 2.16. The largest absolute Gasteiger partial charge is 0.381 e. The molecule has 0 aliphatic carbocycles. The van der Waals surface area contributed by atoms with Crippen LogP contribution >= 0.6 is 0 Å². The second-order valence-electron chi connectivity index (χ2n) is 4.61. The standard InChI is InChI=1S/C10H21NO2/c1-10(2,7-11)8-13-6-9-3-4-12-5-9/h9H,3-8,11H2,1-2H3. The molecule has 1 unspecified atom stereocenters. The molecule has 3 nitrogen and oxygen atoms in total. The molecule has 3 heteroatoms. The van der Waals surface area contributed by atoms with E-state index in [4.69, 9.17) is 15.2 Å². The lowest BCUT2D eigenvalue weighted by Crippen LogP contribution is -2.29. The van der Waals surface area contributed by atoms with Crippen LogP contribution in [0.25, 0.3) is 0 Å². The molecule has 1 saturated heterocycles. The maximum atomic E-state index is 5.61. The van der Waals surface area contributed by atoms with Crippen LogP contribution in [0, 0.1) is 11.3 Å². The molecule has 13 heavy (non-hydrogen) atoms. The monoisotopic (exact) mass is 187 g/mol. The molecule has 78 valence electrons. The molecule has 0 bridgehead atoms. The zero-order valence-corrected chi connectivity index (χ0v) is 8.71. The van der Waals surface area contributed by atoms with E-state index in [2.05, 4.69) is 13.8 Å². The first-order valence-corrected chi connectivity index (χ1v) is 4.99. The third kappa shape index (κ3) is 4.07. The average molecular weight is 187 g/mol. The Kier molecular flexibility index (Phi) is 4.16. The van der Waals surface area contributed by atoms with E-state index in [0.29, 0.717) is 12.5 Å². The quantitative estimate of drug-likeness (QED) is 0.699. The average Bonchev–Trinajstić information content (AvgIpc) is 2.57. The minimum absolute atomic E-state index is 0.111. The van der Waals surface area contributed by atoms with E-state index in [1.165, 1.54) is 0 Å². The molecule has 1 aliphatic heterocycles. The summed E-state index contributed by atoms with van der Waals surface area (Å²) in [6, 6.07) is 0. The summed E-state index contributed by atoms with van der Waals surface area (Å²) in [7, 11) is 0. The van der Waals surface area contributed by atoms with Gasteiger partial charge in [0.2, 0.25) is 0 Å². The molecule has 1 heterocycles. The Balaban J connectivity index is 2.06. The molecule has 0 saturated carbocycles. The zero-order chi connectivity index (χ0) is 9.73. The molecule has 0 aromatic carbocycles. The minimum Gasteiger partial charge on any atom is -0.381 e. The van der Waals surface area contributed by atoms with Crippen LogP contribution in [0.4, 0.5) is 0 Å². The summed E-state index contributed by atoms with van der Waals surface area (Å²) >= 11 is 0. The fraction of sp³-hybridized carbons (Fsp3) is 1.00. The number of hydrogen-bond donors (Lipinski definition) is 1. The Morgan fingerprint density at radius 2 is 2.31 bits per heavy atom. The fourth-order valence-electron chi connectivity index (χ4n) is 1.28. The van der Waals surface area contributed by atoms with Crippen molar-refractivity contribution in [3.8, 4) is 0 Å². The molecule has 0 spiro atoms. The molecule has 2 N–H and O–H groups in total. The highest BCUT2D eigenvalue weighted by molar-refractivity contribution is 4.69. The lowest BCUT2D eigenvalue weighted by molar-refractivity contribution is 0.0404. The molecule has 0 aromatic heterocycles. The van der Waals surface area contributed by atoms with Crippen LogP contribution in [0.5, 0.6) is 0 Å². The van der Waals surface area contributed by atoms with Crippen LogP contribution in [0.2, 0.25) is 0 Å². The van der Waals surface area contributed by atoms with Crippen molar-refractivity contribution in [1.29, 1.82) is 0 Å². The van der Waals surface area contributed by atoms with E-state index in [1.54, 1.807) is 0 Å². The molecule has 0 amide bonds. The van der Waals surface area contributed by atoms with E-state index < -0.39 is 0 Å². The molecular weight excluding hydrogens is 166 g/mol.